The molecular formula is C10H14N2O4S. The van der Waals surface area contributed by atoms with Gasteiger partial charge in [0.25, 0.3) is 0 Å². The molecule has 0 spiro atoms. The zero-order chi connectivity index (χ0) is 12.3. The van der Waals surface area contributed by atoms with Crippen LogP contribution in [-0.2, 0) is 10.0 Å². The molecule has 1 aromatic carbocycles. The van der Waals surface area contributed by atoms with E-state index in [-0.39, 0.29) is 12.5 Å². The quantitative estimate of drug-likeness (QED) is 0.798. The number of benzene rings is 1. The van der Waals surface area contributed by atoms with Gasteiger partial charge in [0.15, 0.2) is 11.5 Å². The molecule has 0 amide bonds. The summed E-state index contributed by atoms with van der Waals surface area (Å²) in [5.74, 6) is 1.21. The normalized spacial score (nSPS) is 13.7. The Balaban J connectivity index is 2.09. The number of nitrogens with one attached hydrogen (secondary N) is 2. The highest BCUT2D eigenvalue weighted by Crippen LogP contribution is 2.34. The lowest BCUT2D eigenvalue weighted by atomic mass is 10.3. The Morgan fingerprint density at radius 3 is 2.82 bits per heavy atom. The molecule has 1 aliphatic heterocycles. The van der Waals surface area contributed by atoms with Gasteiger partial charge in [-0.25, -0.2) is 8.42 Å². The third kappa shape index (κ3) is 3.01. The molecule has 0 saturated heterocycles. The molecule has 0 aliphatic carbocycles. The first-order valence-corrected chi connectivity index (χ1v) is 6.81. The SMILES string of the molecule is CNCCS(=O)(=O)Nc1ccc2c(c1)OCO2. The summed E-state index contributed by atoms with van der Waals surface area (Å²) < 4.78 is 36.1. The minimum atomic E-state index is -3.32. The van der Waals surface area contributed by atoms with Crippen LogP contribution in [0.2, 0.25) is 0 Å². The van der Waals surface area contributed by atoms with Gasteiger partial charge in [0, 0.05) is 12.6 Å². The zero-order valence-corrected chi connectivity index (χ0v) is 10.2. The van der Waals surface area contributed by atoms with E-state index in [9.17, 15) is 8.42 Å². The highest BCUT2D eigenvalue weighted by Gasteiger charge is 2.15. The van der Waals surface area contributed by atoms with Gasteiger partial charge in [-0.3, -0.25) is 4.72 Å². The first-order valence-electron chi connectivity index (χ1n) is 5.15. The number of fused-ring (bicyclic) bond motifs is 1. The Morgan fingerprint density at radius 1 is 1.29 bits per heavy atom. The number of rotatable bonds is 5. The van der Waals surface area contributed by atoms with Crippen LogP contribution in [-0.4, -0.2) is 34.6 Å². The zero-order valence-electron chi connectivity index (χ0n) is 9.39. The fourth-order valence-corrected chi connectivity index (χ4v) is 2.49. The average molecular weight is 258 g/mol. The van der Waals surface area contributed by atoms with E-state index >= 15 is 0 Å². The number of ether oxygens (including phenoxy) is 2. The largest absolute Gasteiger partial charge is 0.454 e. The number of anilines is 1. The van der Waals surface area contributed by atoms with Gasteiger partial charge in [0.05, 0.1) is 11.4 Å². The molecule has 2 rings (SSSR count). The van der Waals surface area contributed by atoms with Crippen LogP contribution in [0.1, 0.15) is 0 Å². The van der Waals surface area contributed by atoms with E-state index in [0.29, 0.717) is 23.7 Å². The lowest BCUT2D eigenvalue weighted by molar-refractivity contribution is 0.174. The summed E-state index contributed by atoms with van der Waals surface area (Å²) in [7, 11) is -1.62. The smallest absolute Gasteiger partial charge is 0.233 e. The predicted molar refractivity (Wildman–Crippen MR) is 63.9 cm³/mol. The molecule has 6 nitrogen and oxygen atoms in total. The molecule has 0 fully saturated rings. The van der Waals surface area contributed by atoms with Gasteiger partial charge in [0.2, 0.25) is 16.8 Å². The fraction of sp³-hybridized carbons (Fsp3) is 0.400. The second-order valence-electron chi connectivity index (χ2n) is 3.59. The van der Waals surface area contributed by atoms with Crippen molar-refractivity contribution in [1.82, 2.24) is 5.32 Å². The van der Waals surface area contributed by atoms with E-state index in [0.717, 1.165) is 0 Å². The average Bonchev–Trinajstić information content (AvgIpc) is 2.73. The maximum atomic E-state index is 11.6. The molecule has 0 atom stereocenters. The van der Waals surface area contributed by atoms with Crippen molar-refractivity contribution in [1.29, 1.82) is 0 Å². The molecule has 0 bridgehead atoms. The molecule has 0 saturated carbocycles. The molecular weight excluding hydrogens is 244 g/mol. The fourth-order valence-electron chi connectivity index (χ4n) is 1.43. The minimum Gasteiger partial charge on any atom is -0.454 e. The van der Waals surface area contributed by atoms with Crippen LogP contribution in [0.4, 0.5) is 5.69 Å². The first kappa shape index (κ1) is 12.0. The van der Waals surface area contributed by atoms with E-state index in [1.807, 2.05) is 0 Å². The predicted octanol–water partition coefficient (Wildman–Crippen LogP) is 0.376. The Hall–Kier alpha value is -1.47. The van der Waals surface area contributed by atoms with Crippen LogP contribution in [0.3, 0.4) is 0 Å². The van der Waals surface area contributed by atoms with Gasteiger partial charge in [-0.2, -0.15) is 0 Å². The monoisotopic (exact) mass is 258 g/mol. The summed E-state index contributed by atoms with van der Waals surface area (Å²) in [6.45, 7) is 0.575. The molecule has 0 radical (unpaired) electrons. The number of sulfonamides is 1. The Bertz CT molecular complexity index is 501. The molecule has 2 N–H and O–H groups in total. The number of hydrogen-bond donors (Lipinski definition) is 2. The van der Waals surface area contributed by atoms with Crippen molar-refractivity contribution in [3.8, 4) is 11.5 Å². The van der Waals surface area contributed by atoms with Crippen molar-refractivity contribution >= 4 is 15.7 Å². The van der Waals surface area contributed by atoms with E-state index < -0.39 is 10.0 Å². The molecule has 1 aliphatic rings. The van der Waals surface area contributed by atoms with Crippen molar-refractivity contribution in [2.45, 2.75) is 0 Å². The van der Waals surface area contributed by atoms with Crippen LogP contribution in [0.5, 0.6) is 11.5 Å². The maximum Gasteiger partial charge on any atom is 0.233 e. The van der Waals surface area contributed by atoms with E-state index in [4.69, 9.17) is 9.47 Å². The summed E-state index contributed by atoms with van der Waals surface area (Å²) >= 11 is 0. The summed E-state index contributed by atoms with van der Waals surface area (Å²) in [5.41, 5.74) is 0.477. The third-order valence-electron chi connectivity index (χ3n) is 2.27. The summed E-state index contributed by atoms with van der Waals surface area (Å²) in [6, 6.07) is 4.93. The van der Waals surface area contributed by atoms with Crippen molar-refractivity contribution in [3.05, 3.63) is 18.2 Å². The van der Waals surface area contributed by atoms with Crippen LogP contribution in [0.25, 0.3) is 0 Å². The van der Waals surface area contributed by atoms with Crippen LogP contribution in [0.15, 0.2) is 18.2 Å². The van der Waals surface area contributed by atoms with Gasteiger partial charge in [-0.1, -0.05) is 0 Å². The molecule has 1 heterocycles. The second-order valence-corrected chi connectivity index (χ2v) is 5.43. The van der Waals surface area contributed by atoms with Crippen LogP contribution < -0.4 is 19.5 Å². The Kier molecular flexibility index (Phi) is 3.39. The highest BCUT2D eigenvalue weighted by atomic mass is 32.2. The van der Waals surface area contributed by atoms with Crippen molar-refractivity contribution in [2.75, 3.05) is 30.9 Å². The molecule has 17 heavy (non-hydrogen) atoms. The van der Waals surface area contributed by atoms with Gasteiger partial charge in [0.1, 0.15) is 0 Å². The van der Waals surface area contributed by atoms with Gasteiger partial charge < -0.3 is 14.8 Å². The topological polar surface area (TPSA) is 76.7 Å². The maximum absolute atomic E-state index is 11.6. The van der Waals surface area contributed by atoms with Crippen LogP contribution in [0, 0.1) is 0 Å². The lowest BCUT2D eigenvalue weighted by Crippen LogP contribution is -2.24. The van der Waals surface area contributed by atoms with Crippen molar-refractivity contribution in [3.63, 3.8) is 0 Å². The molecule has 0 aromatic heterocycles. The van der Waals surface area contributed by atoms with Gasteiger partial charge in [-0.05, 0) is 19.2 Å². The van der Waals surface area contributed by atoms with Crippen molar-refractivity contribution in [2.24, 2.45) is 0 Å². The van der Waals surface area contributed by atoms with Gasteiger partial charge >= 0.3 is 0 Å². The first-order chi connectivity index (χ1) is 8.11. The van der Waals surface area contributed by atoms with Crippen LogP contribution >= 0.6 is 0 Å². The summed E-state index contributed by atoms with van der Waals surface area (Å²) in [4.78, 5) is 0. The molecule has 1 aromatic rings. The van der Waals surface area contributed by atoms with Crippen molar-refractivity contribution < 1.29 is 17.9 Å². The standard InChI is InChI=1S/C10H14N2O4S/c1-11-4-5-17(13,14)12-8-2-3-9-10(6-8)16-7-15-9/h2-3,6,11-12H,4-5,7H2,1H3. The van der Waals surface area contributed by atoms with E-state index in [1.165, 1.54) is 0 Å². The third-order valence-corrected chi connectivity index (χ3v) is 3.56. The van der Waals surface area contributed by atoms with E-state index in [2.05, 4.69) is 10.0 Å². The van der Waals surface area contributed by atoms with E-state index in [1.54, 1.807) is 25.2 Å². The Morgan fingerprint density at radius 2 is 2.06 bits per heavy atom. The summed E-state index contributed by atoms with van der Waals surface area (Å²) in [5, 5.41) is 2.79. The molecule has 7 heteroatoms. The molecule has 0 unspecified atom stereocenters. The molecule has 94 valence electrons. The Labute approximate surface area is 100.0 Å². The summed E-state index contributed by atoms with van der Waals surface area (Å²) in [6.07, 6.45) is 0. The number of hydrogen-bond acceptors (Lipinski definition) is 5. The second kappa shape index (κ2) is 4.80. The lowest BCUT2D eigenvalue weighted by Gasteiger charge is -2.08. The minimum absolute atomic E-state index is 0.0257. The van der Waals surface area contributed by atoms with Gasteiger partial charge in [-0.15, -0.1) is 0 Å². The highest BCUT2D eigenvalue weighted by molar-refractivity contribution is 7.92.